The number of aromatic nitrogens is 1. The first kappa shape index (κ1) is 28.4. The third kappa shape index (κ3) is 7.70. The SMILES string of the molecule is CC(=O)Nc1ccc(-c2cnc(-c3ccc(NC(=S)NC(C)C)cc3)s2)c(S(=O)(=O)NCc2ccccc2)c1. The maximum absolute atomic E-state index is 13.4. The van der Waals surface area contributed by atoms with E-state index in [4.69, 9.17) is 12.2 Å². The first-order chi connectivity index (χ1) is 18.6. The molecule has 4 aromatic rings. The third-order valence-electron chi connectivity index (χ3n) is 5.48. The molecule has 0 radical (unpaired) electrons. The summed E-state index contributed by atoms with van der Waals surface area (Å²) in [5.41, 5.74) is 3.46. The van der Waals surface area contributed by atoms with Gasteiger partial charge in [0, 0.05) is 48.2 Å². The third-order valence-corrected chi connectivity index (χ3v) is 8.22. The predicted molar refractivity (Wildman–Crippen MR) is 162 cm³/mol. The highest BCUT2D eigenvalue weighted by atomic mass is 32.2. The molecule has 0 fully saturated rings. The van der Waals surface area contributed by atoms with Crippen molar-refractivity contribution in [1.82, 2.24) is 15.0 Å². The molecular weight excluding hydrogens is 551 g/mol. The van der Waals surface area contributed by atoms with Gasteiger partial charge in [0.2, 0.25) is 15.9 Å². The Morgan fingerprint density at radius 3 is 2.33 bits per heavy atom. The summed E-state index contributed by atoms with van der Waals surface area (Å²) in [5, 5.41) is 10.2. The molecule has 0 aliphatic rings. The van der Waals surface area contributed by atoms with E-state index in [1.807, 2.05) is 68.4 Å². The largest absolute Gasteiger partial charge is 0.360 e. The van der Waals surface area contributed by atoms with E-state index in [1.165, 1.54) is 24.3 Å². The van der Waals surface area contributed by atoms with Crippen molar-refractivity contribution >= 4 is 56.0 Å². The topological polar surface area (TPSA) is 112 Å². The highest BCUT2D eigenvalue weighted by Crippen LogP contribution is 2.37. The normalized spacial score (nSPS) is 11.3. The summed E-state index contributed by atoms with van der Waals surface area (Å²) >= 11 is 6.69. The van der Waals surface area contributed by atoms with Gasteiger partial charge in [-0.2, -0.15) is 0 Å². The maximum Gasteiger partial charge on any atom is 0.241 e. The average molecular weight is 580 g/mol. The zero-order valence-corrected chi connectivity index (χ0v) is 24.1. The number of thiocarbonyl (C=S) groups is 1. The van der Waals surface area contributed by atoms with E-state index in [1.54, 1.807) is 18.3 Å². The molecule has 0 saturated carbocycles. The van der Waals surface area contributed by atoms with E-state index in [-0.39, 0.29) is 23.4 Å². The Morgan fingerprint density at radius 2 is 1.67 bits per heavy atom. The van der Waals surface area contributed by atoms with Crippen LogP contribution in [-0.2, 0) is 21.4 Å². The quantitative estimate of drug-likeness (QED) is 0.191. The van der Waals surface area contributed by atoms with Crippen molar-refractivity contribution in [3.8, 4) is 21.0 Å². The zero-order valence-electron chi connectivity index (χ0n) is 21.7. The Labute approximate surface area is 237 Å². The van der Waals surface area contributed by atoms with Gasteiger partial charge in [0.25, 0.3) is 0 Å². The molecule has 0 atom stereocenters. The predicted octanol–water partition coefficient (Wildman–Crippen LogP) is 5.61. The van der Waals surface area contributed by atoms with Crippen LogP contribution in [0.25, 0.3) is 21.0 Å². The van der Waals surface area contributed by atoms with Crippen LogP contribution >= 0.6 is 23.6 Å². The van der Waals surface area contributed by atoms with Gasteiger partial charge in [0.15, 0.2) is 5.11 Å². The van der Waals surface area contributed by atoms with Gasteiger partial charge in [-0.1, -0.05) is 36.4 Å². The standard InChI is InChI=1S/C28H29N5O3S3/c1-18(2)31-28(37)33-22-11-9-21(10-12-22)27-29-17-25(38-27)24-14-13-23(32-19(3)34)15-26(24)39(35,36)30-16-20-7-5-4-6-8-20/h4-15,17-18,30H,16H2,1-3H3,(H,32,34)(H2,31,33,37). The van der Waals surface area contributed by atoms with E-state index in [0.29, 0.717) is 21.2 Å². The smallest absolute Gasteiger partial charge is 0.241 e. The average Bonchev–Trinajstić information content (AvgIpc) is 3.38. The van der Waals surface area contributed by atoms with Crippen LogP contribution in [-0.4, -0.2) is 30.5 Å². The number of hydrogen-bond donors (Lipinski definition) is 4. The molecule has 1 amide bonds. The monoisotopic (exact) mass is 579 g/mol. The molecule has 11 heteroatoms. The molecule has 202 valence electrons. The molecule has 4 N–H and O–H groups in total. The highest BCUT2D eigenvalue weighted by Gasteiger charge is 2.22. The van der Waals surface area contributed by atoms with Crippen molar-refractivity contribution < 1.29 is 13.2 Å². The lowest BCUT2D eigenvalue weighted by atomic mass is 10.2. The Morgan fingerprint density at radius 1 is 0.974 bits per heavy atom. The lowest BCUT2D eigenvalue weighted by molar-refractivity contribution is -0.114. The summed E-state index contributed by atoms with van der Waals surface area (Å²) in [7, 11) is -3.93. The summed E-state index contributed by atoms with van der Waals surface area (Å²) in [6.07, 6.45) is 1.66. The van der Waals surface area contributed by atoms with E-state index in [2.05, 4.69) is 25.7 Å². The molecule has 0 aliphatic carbocycles. The molecule has 8 nitrogen and oxygen atoms in total. The van der Waals surface area contributed by atoms with Crippen LogP contribution in [0.2, 0.25) is 0 Å². The zero-order chi connectivity index (χ0) is 28.0. The number of thiazole rings is 1. The first-order valence-corrected chi connectivity index (χ1v) is 14.9. The van der Waals surface area contributed by atoms with Gasteiger partial charge in [-0.3, -0.25) is 4.79 Å². The van der Waals surface area contributed by atoms with Gasteiger partial charge in [-0.05, 0) is 68.0 Å². The fourth-order valence-electron chi connectivity index (χ4n) is 3.74. The number of nitrogens with zero attached hydrogens (tertiary/aromatic N) is 1. The van der Waals surface area contributed by atoms with Crippen LogP contribution in [0.15, 0.2) is 83.9 Å². The Kier molecular flexibility index (Phi) is 9.08. The molecule has 0 spiro atoms. The molecule has 39 heavy (non-hydrogen) atoms. The number of hydrogen-bond acceptors (Lipinski definition) is 6. The summed E-state index contributed by atoms with van der Waals surface area (Å²) in [4.78, 5) is 16.9. The van der Waals surface area contributed by atoms with Crippen molar-refractivity contribution in [2.45, 2.75) is 38.3 Å². The van der Waals surface area contributed by atoms with Gasteiger partial charge < -0.3 is 16.0 Å². The fourth-order valence-corrected chi connectivity index (χ4v) is 6.38. The summed E-state index contributed by atoms with van der Waals surface area (Å²) in [6.45, 7) is 5.54. The number of anilines is 2. The number of nitrogens with one attached hydrogen (secondary N) is 4. The van der Waals surface area contributed by atoms with E-state index < -0.39 is 10.0 Å². The van der Waals surface area contributed by atoms with E-state index in [9.17, 15) is 13.2 Å². The highest BCUT2D eigenvalue weighted by molar-refractivity contribution is 7.89. The Hall–Kier alpha value is -3.64. The van der Waals surface area contributed by atoms with Crippen LogP contribution in [0.3, 0.4) is 0 Å². The molecule has 0 saturated heterocycles. The lowest BCUT2D eigenvalue weighted by Gasteiger charge is -2.13. The minimum atomic E-state index is -3.93. The lowest BCUT2D eigenvalue weighted by Crippen LogP contribution is -2.33. The minimum absolute atomic E-state index is 0.0607. The second kappa shape index (κ2) is 12.5. The summed E-state index contributed by atoms with van der Waals surface area (Å²) in [5.74, 6) is -0.290. The fraction of sp³-hybridized carbons (Fsp3) is 0.179. The van der Waals surface area contributed by atoms with Crippen molar-refractivity contribution in [3.63, 3.8) is 0 Å². The van der Waals surface area contributed by atoms with Gasteiger partial charge >= 0.3 is 0 Å². The molecule has 0 bridgehead atoms. The number of benzene rings is 3. The van der Waals surface area contributed by atoms with Crippen molar-refractivity contribution in [3.05, 3.63) is 84.6 Å². The van der Waals surface area contributed by atoms with E-state index in [0.717, 1.165) is 21.8 Å². The number of amides is 1. The van der Waals surface area contributed by atoms with Gasteiger partial charge in [0.05, 0.1) is 9.77 Å². The first-order valence-electron chi connectivity index (χ1n) is 12.2. The Bertz CT molecular complexity index is 1570. The number of carbonyl (C=O) groups is 1. The van der Waals surface area contributed by atoms with Gasteiger partial charge in [-0.15, -0.1) is 11.3 Å². The molecule has 3 aromatic carbocycles. The molecule has 0 aliphatic heterocycles. The molecule has 1 heterocycles. The van der Waals surface area contributed by atoms with E-state index >= 15 is 0 Å². The van der Waals surface area contributed by atoms with Gasteiger partial charge in [0.1, 0.15) is 5.01 Å². The minimum Gasteiger partial charge on any atom is -0.360 e. The molecule has 1 aromatic heterocycles. The molecule has 0 unspecified atom stereocenters. The van der Waals surface area contributed by atoms with Crippen LogP contribution in [0.4, 0.5) is 11.4 Å². The number of rotatable bonds is 9. The van der Waals surface area contributed by atoms with Crippen molar-refractivity contribution in [1.29, 1.82) is 0 Å². The number of sulfonamides is 1. The molecule has 4 rings (SSSR count). The van der Waals surface area contributed by atoms with Crippen molar-refractivity contribution in [2.75, 3.05) is 10.6 Å². The number of carbonyl (C=O) groups excluding carboxylic acids is 1. The second-order valence-corrected chi connectivity index (χ2v) is 12.2. The van der Waals surface area contributed by atoms with Crippen LogP contribution in [0, 0.1) is 0 Å². The second-order valence-electron chi connectivity index (χ2n) is 9.06. The van der Waals surface area contributed by atoms with Crippen LogP contribution < -0.4 is 20.7 Å². The van der Waals surface area contributed by atoms with Crippen LogP contribution in [0.5, 0.6) is 0 Å². The molecular formula is C28H29N5O3S3. The van der Waals surface area contributed by atoms with Crippen molar-refractivity contribution in [2.24, 2.45) is 0 Å². The van der Waals surface area contributed by atoms with Crippen LogP contribution in [0.1, 0.15) is 26.3 Å². The summed E-state index contributed by atoms with van der Waals surface area (Å²) in [6, 6.07) is 22.0. The van der Waals surface area contributed by atoms with Gasteiger partial charge in [-0.25, -0.2) is 18.1 Å². The Balaban J connectivity index is 1.61. The summed E-state index contributed by atoms with van der Waals surface area (Å²) < 4.78 is 29.6. The maximum atomic E-state index is 13.4.